The maximum absolute atomic E-state index is 12.4. The Bertz CT molecular complexity index is 538. The number of amides is 2. The molecule has 4 aliphatic carbocycles. The molecular formula is C19H30N2O4. The van der Waals surface area contributed by atoms with Crippen LogP contribution in [0.5, 0.6) is 0 Å². The normalized spacial score (nSPS) is 35.0. The van der Waals surface area contributed by atoms with Crippen LogP contribution in [0, 0.1) is 23.2 Å². The highest BCUT2D eigenvalue weighted by molar-refractivity contribution is 5.89. The van der Waals surface area contributed by atoms with Gasteiger partial charge in [0.2, 0.25) is 11.8 Å². The molecule has 1 unspecified atom stereocenters. The number of rotatable bonds is 7. The number of hydrogen-bond acceptors (Lipinski definition) is 3. The van der Waals surface area contributed by atoms with E-state index in [1.54, 1.807) is 6.92 Å². The molecule has 0 saturated heterocycles. The Morgan fingerprint density at radius 3 is 2.00 bits per heavy atom. The van der Waals surface area contributed by atoms with E-state index in [2.05, 4.69) is 10.6 Å². The third kappa shape index (κ3) is 3.82. The number of carboxylic acids is 1. The molecule has 6 nitrogen and oxygen atoms in total. The zero-order chi connectivity index (χ0) is 18.2. The second-order valence-electron chi connectivity index (χ2n) is 8.91. The van der Waals surface area contributed by atoms with E-state index < -0.39 is 17.4 Å². The molecule has 0 radical (unpaired) electrons. The number of aliphatic carboxylic acids is 1. The van der Waals surface area contributed by atoms with Crippen LogP contribution in [-0.2, 0) is 14.4 Å². The van der Waals surface area contributed by atoms with Gasteiger partial charge in [-0.25, -0.2) is 4.79 Å². The Morgan fingerprint density at radius 1 is 1.04 bits per heavy atom. The zero-order valence-corrected chi connectivity index (χ0v) is 15.3. The van der Waals surface area contributed by atoms with Gasteiger partial charge in [0.05, 0.1) is 6.54 Å². The van der Waals surface area contributed by atoms with Crippen LogP contribution in [0.1, 0.15) is 65.2 Å². The minimum Gasteiger partial charge on any atom is -0.480 e. The Balaban J connectivity index is 1.49. The predicted octanol–water partition coefficient (Wildman–Crippen LogP) is 2.08. The number of carboxylic acid groups (broad SMARTS) is 1. The fourth-order valence-corrected chi connectivity index (χ4v) is 5.73. The fraction of sp³-hybridized carbons (Fsp3) is 0.842. The highest BCUT2D eigenvalue weighted by atomic mass is 16.4. The molecule has 2 amide bonds. The molecule has 4 saturated carbocycles. The lowest BCUT2D eigenvalue weighted by Gasteiger charge is -2.56. The maximum atomic E-state index is 12.4. The van der Waals surface area contributed by atoms with E-state index in [1.807, 2.05) is 0 Å². The van der Waals surface area contributed by atoms with E-state index in [0.29, 0.717) is 6.42 Å². The summed E-state index contributed by atoms with van der Waals surface area (Å²) in [6, 6.07) is 0. The summed E-state index contributed by atoms with van der Waals surface area (Å²) in [7, 11) is 0. The van der Waals surface area contributed by atoms with E-state index in [-0.39, 0.29) is 24.3 Å². The van der Waals surface area contributed by atoms with Gasteiger partial charge in [0.15, 0.2) is 0 Å². The van der Waals surface area contributed by atoms with E-state index in [0.717, 1.165) is 37.0 Å². The highest BCUT2D eigenvalue weighted by Gasteiger charge is 2.51. The summed E-state index contributed by atoms with van der Waals surface area (Å²) in [6.45, 7) is 3.03. The molecule has 4 rings (SSSR count). The summed E-state index contributed by atoms with van der Waals surface area (Å²) in [4.78, 5) is 35.6. The van der Waals surface area contributed by atoms with Crippen LogP contribution in [0.15, 0.2) is 0 Å². The van der Waals surface area contributed by atoms with E-state index in [9.17, 15) is 19.5 Å². The Labute approximate surface area is 149 Å². The van der Waals surface area contributed by atoms with Gasteiger partial charge in [0.25, 0.3) is 0 Å². The second-order valence-corrected chi connectivity index (χ2v) is 8.91. The van der Waals surface area contributed by atoms with E-state index in [4.69, 9.17) is 0 Å². The van der Waals surface area contributed by atoms with Gasteiger partial charge in [-0.2, -0.15) is 0 Å². The summed E-state index contributed by atoms with van der Waals surface area (Å²) in [5.41, 5.74) is -1.14. The van der Waals surface area contributed by atoms with Crippen molar-refractivity contribution in [3.8, 4) is 0 Å². The Kier molecular flexibility index (Phi) is 4.82. The lowest BCUT2D eigenvalue weighted by Crippen LogP contribution is -2.54. The standard InChI is InChI=1S/C19H30N2O4/c1-3-18(2,17(24)25)21-16(23)11-20-15(22)10-19-7-12-4-13(8-19)6-14(5-12)9-19/h12-14H,3-11H2,1-2H3,(H,20,22)(H,21,23)(H,24,25). The smallest absolute Gasteiger partial charge is 0.329 e. The lowest BCUT2D eigenvalue weighted by atomic mass is 9.49. The van der Waals surface area contributed by atoms with Gasteiger partial charge in [-0.15, -0.1) is 0 Å². The molecule has 0 aliphatic heterocycles. The molecule has 1 atom stereocenters. The van der Waals surface area contributed by atoms with Crippen molar-refractivity contribution < 1.29 is 19.5 Å². The molecule has 4 fully saturated rings. The highest BCUT2D eigenvalue weighted by Crippen LogP contribution is 2.61. The molecular weight excluding hydrogens is 320 g/mol. The summed E-state index contributed by atoms with van der Waals surface area (Å²) in [5, 5.41) is 14.4. The summed E-state index contributed by atoms with van der Waals surface area (Å²) < 4.78 is 0. The van der Waals surface area contributed by atoms with Gasteiger partial charge in [-0.3, -0.25) is 9.59 Å². The lowest BCUT2D eigenvalue weighted by molar-refractivity contribution is -0.146. The molecule has 0 aromatic heterocycles. The van der Waals surface area contributed by atoms with Crippen molar-refractivity contribution in [2.75, 3.05) is 6.54 Å². The molecule has 25 heavy (non-hydrogen) atoms. The summed E-state index contributed by atoms with van der Waals surface area (Å²) >= 11 is 0. The average molecular weight is 350 g/mol. The van der Waals surface area contributed by atoms with E-state index >= 15 is 0 Å². The van der Waals surface area contributed by atoms with Crippen molar-refractivity contribution in [3.05, 3.63) is 0 Å². The monoisotopic (exact) mass is 350 g/mol. The van der Waals surface area contributed by atoms with Crippen molar-refractivity contribution in [3.63, 3.8) is 0 Å². The number of nitrogens with one attached hydrogen (secondary N) is 2. The fourth-order valence-electron chi connectivity index (χ4n) is 5.73. The molecule has 3 N–H and O–H groups in total. The quantitative estimate of drug-likeness (QED) is 0.655. The topological polar surface area (TPSA) is 95.5 Å². The van der Waals surface area contributed by atoms with Crippen LogP contribution in [0.25, 0.3) is 0 Å². The first-order valence-corrected chi connectivity index (χ1v) is 9.55. The van der Waals surface area contributed by atoms with Crippen LogP contribution < -0.4 is 10.6 Å². The van der Waals surface area contributed by atoms with Gasteiger partial charge < -0.3 is 15.7 Å². The Hall–Kier alpha value is -1.59. The van der Waals surface area contributed by atoms with Crippen LogP contribution >= 0.6 is 0 Å². The van der Waals surface area contributed by atoms with Gasteiger partial charge >= 0.3 is 5.97 Å². The van der Waals surface area contributed by atoms with Crippen molar-refractivity contribution >= 4 is 17.8 Å². The zero-order valence-electron chi connectivity index (χ0n) is 15.3. The first-order valence-electron chi connectivity index (χ1n) is 9.55. The largest absolute Gasteiger partial charge is 0.480 e. The number of hydrogen-bond donors (Lipinski definition) is 3. The van der Waals surface area contributed by atoms with Crippen LogP contribution in [-0.4, -0.2) is 35.0 Å². The van der Waals surface area contributed by atoms with Crippen LogP contribution in [0.4, 0.5) is 0 Å². The van der Waals surface area contributed by atoms with Crippen molar-refractivity contribution in [1.82, 2.24) is 10.6 Å². The minimum atomic E-state index is -1.29. The average Bonchev–Trinajstić information content (AvgIpc) is 2.50. The molecule has 0 aromatic rings. The second kappa shape index (κ2) is 6.61. The first kappa shape index (κ1) is 18.2. The summed E-state index contributed by atoms with van der Waals surface area (Å²) in [5.74, 6) is 0.786. The predicted molar refractivity (Wildman–Crippen MR) is 92.7 cm³/mol. The molecule has 4 bridgehead atoms. The molecule has 6 heteroatoms. The van der Waals surface area contributed by atoms with Crippen molar-refractivity contribution in [1.29, 1.82) is 0 Å². The van der Waals surface area contributed by atoms with Gasteiger partial charge in [0, 0.05) is 6.42 Å². The molecule has 0 aromatic carbocycles. The molecule has 0 heterocycles. The maximum Gasteiger partial charge on any atom is 0.329 e. The van der Waals surface area contributed by atoms with Gasteiger partial charge in [-0.1, -0.05) is 6.92 Å². The van der Waals surface area contributed by atoms with Crippen molar-refractivity contribution in [2.45, 2.75) is 70.8 Å². The first-order chi connectivity index (χ1) is 11.7. The number of carbonyl (C=O) groups is 3. The molecule has 0 spiro atoms. The van der Waals surface area contributed by atoms with E-state index in [1.165, 1.54) is 26.2 Å². The van der Waals surface area contributed by atoms with Gasteiger partial charge in [-0.05, 0) is 75.0 Å². The molecule has 4 aliphatic rings. The number of carbonyl (C=O) groups excluding carboxylic acids is 2. The summed E-state index contributed by atoms with van der Waals surface area (Å²) in [6.07, 6.45) is 8.29. The third-order valence-electron chi connectivity index (χ3n) is 6.74. The van der Waals surface area contributed by atoms with Crippen LogP contribution in [0.2, 0.25) is 0 Å². The third-order valence-corrected chi connectivity index (χ3v) is 6.74. The van der Waals surface area contributed by atoms with Gasteiger partial charge in [0.1, 0.15) is 5.54 Å². The van der Waals surface area contributed by atoms with Crippen LogP contribution in [0.3, 0.4) is 0 Å². The SMILES string of the molecule is CCC(C)(NC(=O)CNC(=O)CC12CC3CC(CC(C3)C1)C2)C(=O)O. The van der Waals surface area contributed by atoms with Crippen molar-refractivity contribution in [2.24, 2.45) is 23.2 Å². The minimum absolute atomic E-state index is 0.0781. The Morgan fingerprint density at radius 2 is 1.56 bits per heavy atom. The molecule has 140 valence electrons.